The molecule has 1 amide bonds. The number of sulfone groups is 1. The number of amides is 1. The standard InChI is InChI=1S/C14H17NO5S/c1-2-21(19,20)8-7-15-12-5-3-11(14(17)18)9-10(12)4-6-13(15)16/h3,5,9H,2,4,6-8H2,1H3,(H,17,18). The van der Waals surface area contributed by atoms with Gasteiger partial charge in [-0.2, -0.15) is 0 Å². The summed E-state index contributed by atoms with van der Waals surface area (Å²) in [5, 5.41) is 8.99. The smallest absolute Gasteiger partial charge is 0.335 e. The van der Waals surface area contributed by atoms with Gasteiger partial charge in [-0.25, -0.2) is 13.2 Å². The molecule has 21 heavy (non-hydrogen) atoms. The first kappa shape index (κ1) is 15.5. The predicted octanol–water partition coefficient (Wildman–Crippen LogP) is 1.10. The Balaban J connectivity index is 2.28. The van der Waals surface area contributed by atoms with Gasteiger partial charge in [-0.05, 0) is 30.2 Å². The number of carboxylic acids is 1. The number of carboxylic acid groups (broad SMARTS) is 1. The van der Waals surface area contributed by atoms with E-state index in [-0.39, 0.29) is 35.9 Å². The fourth-order valence-electron chi connectivity index (χ4n) is 2.31. The summed E-state index contributed by atoms with van der Waals surface area (Å²) in [6, 6.07) is 4.56. The van der Waals surface area contributed by atoms with E-state index in [1.807, 2.05) is 0 Å². The number of carbonyl (C=O) groups is 2. The fourth-order valence-corrected chi connectivity index (χ4v) is 3.06. The molecule has 2 rings (SSSR count). The van der Waals surface area contributed by atoms with Crippen molar-refractivity contribution >= 4 is 27.4 Å². The van der Waals surface area contributed by atoms with Crippen LogP contribution in [0.3, 0.4) is 0 Å². The monoisotopic (exact) mass is 311 g/mol. The minimum Gasteiger partial charge on any atom is -0.478 e. The van der Waals surface area contributed by atoms with E-state index in [4.69, 9.17) is 5.11 Å². The SMILES string of the molecule is CCS(=O)(=O)CCN1C(=O)CCc2cc(C(=O)O)ccc21. The molecule has 0 radical (unpaired) electrons. The zero-order valence-corrected chi connectivity index (χ0v) is 12.5. The lowest BCUT2D eigenvalue weighted by Gasteiger charge is -2.29. The first-order valence-electron chi connectivity index (χ1n) is 6.71. The summed E-state index contributed by atoms with van der Waals surface area (Å²) < 4.78 is 23.2. The maximum atomic E-state index is 12.0. The van der Waals surface area contributed by atoms with Crippen molar-refractivity contribution in [2.24, 2.45) is 0 Å². The largest absolute Gasteiger partial charge is 0.478 e. The van der Waals surface area contributed by atoms with E-state index in [9.17, 15) is 18.0 Å². The van der Waals surface area contributed by atoms with Crippen molar-refractivity contribution in [3.05, 3.63) is 29.3 Å². The van der Waals surface area contributed by atoms with Gasteiger partial charge in [-0.3, -0.25) is 4.79 Å². The van der Waals surface area contributed by atoms with Gasteiger partial charge in [0.25, 0.3) is 0 Å². The molecule has 0 aromatic heterocycles. The van der Waals surface area contributed by atoms with Gasteiger partial charge in [0, 0.05) is 24.4 Å². The van der Waals surface area contributed by atoms with Crippen molar-refractivity contribution in [3.63, 3.8) is 0 Å². The number of anilines is 1. The molecule has 1 heterocycles. The molecule has 0 saturated heterocycles. The number of benzene rings is 1. The van der Waals surface area contributed by atoms with E-state index >= 15 is 0 Å². The van der Waals surface area contributed by atoms with Gasteiger partial charge in [0.05, 0.1) is 11.3 Å². The Kier molecular flexibility index (Phi) is 4.32. The van der Waals surface area contributed by atoms with E-state index in [1.54, 1.807) is 19.1 Å². The second-order valence-corrected chi connectivity index (χ2v) is 7.40. The van der Waals surface area contributed by atoms with Crippen molar-refractivity contribution in [2.75, 3.05) is 23.0 Å². The molecule has 1 aromatic carbocycles. The van der Waals surface area contributed by atoms with E-state index in [0.29, 0.717) is 12.1 Å². The molecule has 0 unspecified atom stereocenters. The molecular formula is C14H17NO5S. The van der Waals surface area contributed by atoms with Gasteiger partial charge in [0.1, 0.15) is 0 Å². The molecule has 114 valence electrons. The molecule has 0 bridgehead atoms. The van der Waals surface area contributed by atoms with Gasteiger partial charge in [-0.15, -0.1) is 0 Å². The third kappa shape index (κ3) is 3.41. The van der Waals surface area contributed by atoms with Crippen molar-refractivity contribution < 1.29 is 23.1 Å². The Morgan fingerprint density at radius 1 is 1.33 bits per heavy atom. The van der Waals surface area contributed by atoms with Crippen LogP contribution >= 0.6 is 0 Å². The molecule has 1 aliphatic heterocycles. The lowest BCUT2D eigenvalue weighted by Crippen LogP contribution is -2.38. The summed E-state index contributed by atoms with van der Waals surface area (Å²) in [5.74, 6) is -1.19. The van der Waals surface area contributed by atoms with Gasteiger partial charge in [0.2, 0.25) is 5.91 Å². The second-order valence-electron chi connectivity index (χ2n) is 4.93. The van der Waals surface area contributed by atoms with Crippen LogP contribution in [0.4, 0.5) is 5.69 Å². The van der Waals surface area contributed by atoms with Crippen LogP contribution in [0.15, 0.2) is 18.2 Å². The van der Waals surface area contributed by atoms with Crippen LogP contribution in [0.1, 0.15) is 29.3 Å². The predicted molar refractivity (Wildman–Crippen MR) is 78.4 cm³/mol. The van der Waals surface area contributed by atoms with E-state index < -0.39 is 15.8 Å². The number of nitrogens with zero attached hydrogens (tertiary/aromatic N) is 1. The molecule has 1 N–H and O–H groups in total. The average Bonchev–Trinajstić information content (AvgIpc) is 2.45. The van der Waals surface area contributed by atoms with Crippen molar-refractivity contribution in [3.8, 4) is 0 Å². The lowest BCUT2D eigenvalue weighted by molar-refractivity contribution is -0.118. The van der Waals surface area contributed by atoms with Crippen LogP contribution in [-0.2, 0) is 21.1 Å². The maximum absolute atomic E-state index is 12.0. The molecule has 0 saturated carbocycles. The van der Waals surface area contributed by atoms with Gasteiger partial charge in [-0.1, -0.05) is 6.92 Å². The second kappa shape index (κ2) is 5.85. The Labute approximate surface area is 123 Å². The van der Waals surface area contributed by atoms with E-state index in [1.165, 1.54) is 11.0 Å². The van der Waals surface area contributed by atoms with Crippen LogP contribution in [0.2, 0.25) is 0 Å². The third-order valence-corrected chi connectivity index (χ3v) is 5.28. The molecule has 1 aliphatic rings. The summed E-state index contributed by atoms with van der Waals surface area (Å²) in [5.41, 5.74) is 1.55. The van der Waals surface area contributed by atoms with Gasteiger partial charge in [0.15, 0.2) is 9.84 Å². The maximum Gasteiger partial charge on any atom is 0.335 e. The summed E-state index contributed by atoms with van der Waals surface area (Å²) in [4.78, 5) is 24.4. The normalized spacial score (nSPS) is 14.9. The van der Waals surface area contributed by atoms with Gasteiger partial charge < -0.3 is 10.0 Å². The number of carbonyl (C=O) groups excluding carboxylic acids is 1. The molecule has 6 nitrogen and oxygen atoms in total. The summed E-state index contributed by atoms with van der Waals surface area (Å²) >= 11 is 0. The Morgan fingerprint density at radius 3 is 2.67 bits per heavy atom. The van der Waals surface area contributed by atoms with Crippen LogP contribution < -0.4 is 4.90 Å². The Bertz CT molecular complexity index is 681. The van der Waals surface area contributed by atoms with Crippen molar-refractivity contribution in [1.29, 1.82) is 0 Å². The molecule has 0 atom stereocenters. The van der Waals surface area contributed by atoms with Crippen LogP contribution in [0.25, 0.3) is 0 Å². The van der Waals surface area contributed by atoms with E-state index in [0.717, 1.165) is 5.56 Å². The number of fused-ring (bicyclic) bond motifs is 1. The van der Waals surface area contributed by atoms with Crippen LogP contribution in [-0.4, -0.2) is 43.5 Å². The highest BCUT2D eigenvalue weighted by atomic mass is 32.2. The Hall–Kier alpha value is -1.89. The number of hydrogen-bond acceptors (Lipinski definition) is 4. The molecular weight excluding hydrogens is 294 g/mol. The molecule has 0 spiro atoms. The number of hydrogen-bond donors (Lipinski definition) is 1. The molecule has 1 aromatic rings. The third-order valence-electron chi connectivity index (χ3n) is 3.59. The average molecular weight is 311 g/mol. The minimum atomic E-state index is -3.15. The highest BCUT2D eigenvalue weighted by Crippen LogP contribution is 2.28. The topological polar surface area (TPSA) is 91.8 Å². The first-order chi connectivity index (χ1) is 9.84. The number of rotatable bonds is 5. The Morgan fingerprint density at radius 2 is 2.05 bits per heavy atom. The van der Waals surface area contributed by atoms with Crippen LogP contribution in [0, 0.1) is 0 Å². The number of aryl methyl sites for hydroxylation is 1. The highest BCUT2D eigenvalue weighted by molar-refractivity contribution is 7.91. The zero-order valence-electron chi connectivity index (χ0n) is 11.7. The number of aromatic carboxylic acids is 1. The zero-order chi connectivity index (χ0) is 15.6. The summed E-state index contributed by atoms with van der Waals surface area (Å²) in [6.07, 6.45) is 0.745. The van der Waals surface area contributed by atoms with Crippen molar-refractivity contribution in [2.45, 2.75) is 19.8 Å². The highest BCUT2D eigenvalue weighted by Gasteiger charge is 2.26. The van der Waals surface area contributed by atoms with E-state index in [2.05, 4.69) is 0 Å². The lowest BCUT2D eigenvalue weighted by atomic mass is 9.99. The quantitative estimate of drug-likeness (QED) is 0.879. The molecule has 0 fully saturated rings. The minimum absolute atomic E-state index is 0.0415. The first-order valence-corrected chi connectivity index (χ1v) is 8.53. The van der Waals surface area contributed by atoms with Crippen molar-refractivity contribution in [1.82, 2.24) is 0 Å². The van der Waals surface area contributed by atoms with Crippen LogP contribution in [0.5, 0.6) is 0 Å². The molecule has 7 heteroatoms. The van der Waals surface area contributed by atoms with Gasteiger partial charge >= 0.3 is 5.97 Å². The fraction of sp³-hybridized carbons (Fsp3) is 0.429. The summed E-state index contributed by atoms with van der Waals surface area (Å²) in [6.45, 7) is 1.68. The summed E-state index contributed by atoms with van der Waals surface area (Å²) in [7, 11) is -3.15. The molecule has 0 aliphatic carbocycles.